The largest absolute Gasteiger partial charge is 0.398 e. The Bertz CT molecular complexity index is 451. The van der Waals surface area contributed by atoms with Crippen molar-refractivity contribution in [1.82, 2.24) is 0 Å². The molecule has 15 heavy (non-hydrogen) atoms. The monoisotopic (exact) mass is 225 g/mol. The quantitative estimate of drug-likeness (QED) is 0.627. The minimum atomic E-state index is -3.18. The number of sulfone groups is 1. The molecule has 1 aromatic rings. The van der Waals surface area contributed by atoms with Crippen LogP contribution in [0.15, 0.2) is 36.9 Å². The third kappa shape index (κ3) is 2.83. The highest BCUT2D eigenvalue weighted by Crippen LogP contribution is 2.17. The molecular weight excluding hydrogens is 210 g/mol. The third-order valence-electron chi connectivity index (χ3n) is 2.31. The Morgan fingerprint density at radius 2 is 2.07 bits per heavy atom. The van der Waals surface area contributed by atoms with Crippen LogP contribution in [0.4, 0.5) is 5.69 Å². The standard InChI is InChI=1S/C11H15NO2S/c1-3-9(2)15(13,14)8-10-6-4-5-7-11(10)12/h3-7,9H,1,8,12H2,2H3. The summed E-state index contributed by atoms with van der Waals surface area (Å²) in [4.78, 5) is 0. The maximum Gasteiger partial charge on any atom is 0.160 e. The summed E-state index contributed by atoms with van der Waals surface area (Å²) in [6, 6.07) is 6.98. The summed E-state index contributed by atoms with van der Waals surface area (Å²) in [6.45, 7) is 5.09. The van der Waals surface area contributed by atoms with Gasteiger partial charge >= 0.3 is 0 Å². The number of nitrogens with two attached hydrogens (primary N) is 1. The lowest BCUT2D eigenvalue weighted by Crippen LogP contribution is -2.17. The number of hydrogen-bond acceptors (Lipinski definition) is 3. The van der Waals surface area contributed by atoms with E-state index in [0.717, 1.165) is 0 Å². The zero-order valence-corrected chi connectivity index (χ0v) is 9.50. The van der Waals surface area contributed by atoms with Crippen LogP contribution in [0, 0.1) is 0 Å². The number of rotatable bonds is 4. The van der Waals surface area contributed by atoms with E-state index in [1.807, 2.05) is 0 Å². The van der Waals surface area contributed by atoms with E-state index in [4.69, 9.17) is 5.73 Å². The van der Waals surface area contributed by atoms with Gasteiger partial charge in [0.1, 0.15) is 0 Å². The normalized spacial score (nSPS) is 13.4. The van der Waals surface area contributed by atoms with Gasteiger partial charge in [0.2, 0.25) is 0 Å². The van der Waals surface area contributed by atoms with Crippen LogP contribution in [0.25, 0.3) is 0 Å². The van der Waals surface area contributed by atoms with Crippen molar-refractivity contribution in [1.29, 1.82) is 0 Å². The van der Waals surface area contributed by atoms with Crippen molar-refractivity contribution in [3.05, 3.63) is 42.5 Å². The van der Waals surface area contributed by atoms with Crippen LogP contribution in [0.2, 0.25) is 0 Å². The van der Waals surface area contributed by atoms with Gasteiger partial charge in [-0.05, 0) is 18.6 Å². The minimum Gasteiger partial charge on any atom is -0.398 e. The molecule has 1 unspecified atom stereocenters. The lowest BCUT2D eigenvalue weighted by Gasteiger charge is -2.09. The molecule has 3 nitrogen and oxygen atoms in total. The van der Waals surface area contributed by atoms with Gasteiger partial charge in [-0.2, -0.15) is 0 Å². The van der Waals surface area contributed by atoms with Crippen molar-refractivity contribution in [2.75, 3.05) is 5.73 Å². The second kappa shape index (κ2) is 4.49. The predicted octanol–water partition coefficient (Wildman–Crippen LogP) is 1.76. The molecule has 0 aliphatic rings. The van der Waals surface area contributed by atoms with E-state index in [1.54, 1.807) is 31.2 Å². The summed E-state index contributed by atoms with van der Waals surface area (Å²) >= 11 is 0. The van der Waals surface area contributed by atoms with Gasteiger partial charge in [0.25, 0.3) is 0 Å². The number of para-hydroxylation sites is 1. The van der Waals surface area contributed by atoms with E-state index in [2.05, 4.69) is 6.58 Å². The van der Waals surface area contributed by atoms with Gasteiger partial charge in [0, 0.05) is 5.69 Å². The second-order valence-corrected chi connectivity index (χ2v) is 5.80. The Balaban J connectivity index is 2.97. The highest BCUT2D eigenvalue weighted by Gasteiger charge is 2.19. The van der Waals surface area contributed by atoms with Crippen LogP contribution in [0.1, 0.15) is 12.5 Å². The molecule has 0 aliphatic heterocycles. The van der Waals surface area contributed by atoms with E-state index in [1.165, 1.54) is 6.08 Å². The van der Waals surface area contributed by atoms with Gasteiger partial charge in [-0.15, -0.1) is 6.58 Å². The highest BCUT2D eigenvalue weighted by atomic mass is 32.2. The topological polar surface area (TPSA) is 60.2 Å². The van der Waals surface area contributed by atoms with E-state index in [9.17, 15) is 8.42 Å². The lowest BCUT2D eigenvalue weighted by atomic mass is 10.2. The molecule has 0 amide bonds. The van der Waals surface area contributed by atoms with Crippen LogP contribution < -0.4 is 5.73 Å². The Labute approximate surface area is 90.5 Å². The first-order chi connectivity index (χ1) is 6.97. The molecule has 2 N–H and O–H groups in total. The molecule has 0 saturated carbocycles. The van der Waals surface area contributed by atoms with Crippen molar-refractivity contribution in [3.8, 4) is 0 Å². The van der Waals surface area contributed by atoms with E-state index < -0.39 is 15.1 Å². The van der Waals surface area contributed by atoms with Crippen LogP contribution in [0.3, 0.4) is 0 Å². The Kier molecular flexibility index (Phi) is 3.52. The summed E-state index contributed by atoms with van der Waals surface area (Å²) in [7, 11) is -3.18. The third-order valence-corrected chi connectivity index (χ3v) is 4.35. The lowest BCUT2D eigenvalue weighted by molar-refractivity contribution is 0.590. The molecule has 0 fully saturated rings. The predicted molar refractivity (Wildman–Crippen MR) is 63.1 cm³/mol. The fraction of sp³-hybridized carbons (Fsp3) is 0.273. The molecule has 0 saturated heterocycles. The van der Waals surface area contributed by atoms with Crippen molar-refractivity contribution in [3.63, 3.8) is 0 Å². The molecule has 1 rings (SSSR count). The van der Waals surface area contributed by atoms with Crippen molar-refractivity contribution in [2.24, 2.45) is 0 Å². The fourth-order valence-corrected chi connectivity index (χ4v) is 2.41. The summed E-state index contributed by atoms with van der Waals surface area (Å²) in [5.41, 5.74) is 6.84. The maximum atomic E-state index is 11.8. The van der Waals surface area contributed by atoms with Crippen molar-refractivity contribution < 1.29 is 8.42 Å². The van der Waals surface area contributed by atoms with Gasteiger partial charge < -0.3 is 5.73 Å². The summed E-state index contributed by atoms with van der Waals surface area (Å²) in [5, 5.41) is -0.544. The minimum absolute atomic E-state index is 0.0349. The number of nitrogen functional groups attached to an aromatic ring is 1. The first kappa shape index (κ1) is 11.8. The summed E-state index contributed by atoms with van der Waals surface area (Å²) < 4.78 is 23.5. The molecule has 0 heterocycles. The molecule has 0 aromatic heterocycles. The average molecular weight is 225 g/mol. The first-order valence-corrected chi connectivity index (χ1v) is 6.36. The van der Waals surface area contributed by atoms with Gasteiger partial charge in [0.05, 0.1) is 11.0 Å². The highest BCUT2D eigenvalue weighted by molar-refractivity contribution is 7.91. The smallest absolute Gasteiger partial charge is 0.160 e. The van der Waals surface area contributed by atoms with Gasteiger partial charge in [-0.3, -0.25) is 0 Å². The zero-order valence-electron chi connectivity index (χ0n) is 8.68. The van der Waals surface area contributed by atoms with Crippen LogP contribution in [-0.4, -0.2) is 13.7 Å². The van der Waals surface area contributed by atoms with Crippen LogP contribution >= 0.6 is 0 Å². The molecule has 4 heteroatoms. The van der Waals surface area contributed by atoms with Gasteiger partial charge in [0.15, 0.2) is 9.84 Å². The van der Waals surface area contributed by atoms with E-state index in [-0.39, 0.29) is 5.75 Å². The zero-order chi connectivity index (χ0) is 11.5. The second-order valence-electron chi connectivity index (χ2n) is 3.45. The average Bonchev–Trinajstić information content (AvgIpc) is 2.20. The maximum absolute atomic E-state index is 11.8. The molecule has 0 bridgehead atoms. The fourth-order valence-electron chi connectivity index (χ4n) is 1.16. The molecule has 82 valence electrons. The first-order valence-electron chi connectivity index (χ1n) is 4.65. The van der Waals surface area contributed by atoms with E-state index >= 15 is 0 Å². The Morgan fingerprint density at radius 3 is 2.60 bits per heavy atom. The molecule has 1 aromatic carbocycles. The SMILES string of the molecule is C=CC(C)S(=O)(=O)Cc1ccccc1N. The van der Waals surface area contributed by atoms with Crippen LogP contribution in [-0.2, 0) is 15.6 Å². The number of anilines is 1. The van der Waals surface area contributed by atoms with Crippen LogP contribution in [0.5, 0.6) is 0 Å². The van der Waals surface area contributed by atoms with Crippen molar-refractivity contribution in [2.45, 2.75) is 17.9 Å². The van der Waals surface area contributed by atoms with Gasteiger partial charge in [-0.25, -0.2) is 8.42 Å². The van der Waals surface area contributed by atoms with Crippen molar-refractivity contribution >= 4 is 15.5 Å². The van der Waals surface area contributed by atoms with E-state index in [0.29, 0.717) is 11.3 Å². The molecule has 0 radical (unpaired) electrons. The Morgan fingerprint density at radius 1 is 1.47 bits per heavy atom. The molecular formula is C11H15NO2S. The van der Waals surface area contributed by atoms with Gasteiger partial charge in [-0.1, -0.05) is 24.3 Å². The number of hydrogen-bond donors (Lipinski definition) is 1. The summed E-state index contributed by atoms with van der Waals surface area (Å²) in [6.07, 6.45) is 1.43. The molecule has 0 spiro atoms. The Hall–Kier alpha value is -1.29. The molecule has 0 aliphatic carbocycles. The number of benzene rings is 1. The summed E-state index contributed by atoms with van der Waals surface area (Å²) in [5.74, 6) is -0.0349. The molecule has 1 atom stereocenters.